The summed E-state index contributed by atoms with van der Waals surface area (Å²) in [5.74, 6) is 1.50. The lowest BCUT2D eigenvalue weighted by molar-refractivity contribution is 0.323. The minimum atomic E-state index is 0.197. The van der Waals surface area contributed by atoms with Crippen LogP contribution in [0.1, 0.15) is 39.2 Å². The predicted molar refractivity (Wildman–Crippen MR) is 78.5 cm³/mol. The van der Waals surface area contributed by atoms with Crippen molar-refractivity contribution in [3.05, 3.63) is 11.9 Å². The topological polar surface area (TPSA) is 73.1 Å². The van der Waals surface area contributed by atoms with Gasteiger partial charge >= 0.3 is 0 Å². The number of ether oxygens (including phenoxy) is 1. The summed E-state index contributed by atoms with van der Waals surface area (Å²) < 4.78 is 5.47. The second-order valence-electron chi connectivity index (χ2n) is 5.50. The molecule has 1 heterocycles. The van der Waals surface area contributed by atoms with E-state index < -0.39 is 0 Å². The van der Waals surface area contributed by atoms with Crippen molar-refractivity contribution < 1.29 is 4.74 Å². The van der Waals surface area contributed by atoms with Gasteiger partial charge in [-0.1, -0.05) is 13.8 Å². The predicted octanol–water partition coefficient (Wildman–Crippen LogP) is 2.36. The number of hydrogen-bond donors (Lipinski definition) is 2. The molecule has 0 bridgehead atoms. The molecule has 0 unspecified atom stereocenters. The van der Waals surface area contributed by atoms with Gasteiger partial charge in [-0.3, -0.25) is 0 Å². The molecule has 1 rings (SSSR count). The lowest BCUT2D eigenvalue weighted by Crippen LogP contribution is -2.24. The Labute approximate surface area is 116 Å². The highest BCUT2D eigenvalue weighted by Crippen LogP contribution is 2.25. The van der Waals surface area contributed by atoms with Crippen LogP contribution in [-0.2, 0) is 0 Å². The summed E-state index contributed by atoms with van der Waals surface area (Å²) >= 11 is 0. The van der Waals surface area contributed by atoms with Gasteiger partial charge in [0.25, 0.3) is 0 Å². The van der Waals surface area contributed by atoms with E-state index in [0.29, 0.717) is 12.5 Å². The van der Waals surface area contributed by atoms with Crippen LogP contribution in [0.3, 0.4) is 0 Å². The summed E-state index contributed by atoms with van der Waals surface area (Å²) in [5, 5.41) is 3.39. The third-order valence-electron chi connectivity index (χ3n) is 3.11. The Kier molecular flexibility index (Phi) is 6.02. The molecule has 5 heteroatoms. The van der Waals surface area contributed by atoms with E-state index in [1.165, 1.54) is 6.33 Å². The molecule has 0 saturated carbocycles. The van der Waals surface area contributed by atoms with Crippen molar-refractivity contribution >= 4 is 5.82 Å². The Bertz CT molecular complexity index is 393. The van der Waals surface area contributed by atoms with Crippen LogP contribution in [-0.4, -0.2) is 29.7 Å². The zero-order valence-electron chi connectivity index (χ0n) is 12.5. The molecule has 0 atom stereocenters. The van der Waals surface area contributed by atoms with E-state index >= 15 is 0 Å². The highest BCUT2D eigenvalue weighted by Gasteiger charge is 2.18. The molecule has 1 aromatic rings. The van der Waals surface area contributed by atoms with Gasteiger partial charge in [0, 0.05) is 6.54 Å². The SMILES string of the molecule is CCOc1ncnc(NCC(C)(C)CCCN)c1C. The first-order chi connectivity index (χ1) is 9.00. The Balaban J connectivity index is 2.64. The number of hydrogen-bond acceptors (Lipinski definition) is 5. The highest BCUT2D eigenvalue weighted by molar-refractivity contribution is 5.47. The second kappa shape index (κ2) is 7.28. The normalized spacial score (nSPS) is 11.4. The van der Waals surface area contributed by atoms with Crippen LogP contribution in [0.5, 0.6) is 5.88 Å². The molecule has 0 fully saturated rings. The number of rotatable bonds is 8. The average Bonchev–Trinajstić information content (AvgIpc) is 2.38. The molecular weight excluding hydrogens is 240 g/mol. The number of anilines is 1. The molecule has 0 aromatic carbocycles. The monoisotopic (exact) mass is 266 g/mol. The van der Waals surface area contributed by atoms with E-state index in [2.05, 4.69) is 29.1 Å². The average molecular weight is 266 g/mol. The molecule has 1 aromatic heterocycles. The van der Waals surface area contributed by atoms with Crippen molar-refractivity contribution in [1.29, 1.82) is 0 Å². The molecule has 0 saturated heterocycles. The Morgan fingerprint density at radius 1 is 1.37 bits per heavy atom. The zero-order valence-corrected chi connectivity index (χ0v) is 12.5. The first-order valence-corrected chi connectivity index (χ1v) is 6.88. The van der Waals surface area contributed by atoms with Crippen molar-refractivity contribution in [2.24, 2.45) is 11.1 Å². The number of aromatic nitrogens is 2. The summed E-state index contributed by atoms with van der Waals surface area (Å²) in [5.41, 5.74) is 6.72. The van der Waals surface area contributed by atoms with Crippen LogP contribution in [0.2, 0.25) is 0 Å². The molecule has 0 amide bonds. The largest absolute Gasteiger partial charge is 0.478 e. The molecule has 0 radical (unpaired) electrons. The lowest BCUT2D eigenvalue weighted by Gasteiger charge is -2.25. The van der Waals surface area contributed by atoms with Crippen LogP contribution in [0.4, 0.5) is 5.82 Å². The number of nitrogens with zero attached hydrogens (tertiary/aromatic N) is 2. The van der Waals surface area contributed by atoms with Gasteiger partial charge in [0.05, 0.1) is 12.2 Å². The minimum absolute atomic E-state index is 0.197. The van der Waals surface area contributed by atoms with Gasteiger partial charge in [0.2, 0.25) is 5.88 Å². The van der Waals surface area contributed by atoms with E-state index in [1.807, 2.05) is 13.8 Å². The highest BCUT2D eigenvalue weighted by atomic mass is 16.5. The van der Waals surface area contributed by atoms with Crippen molar-refractivity contribution in [3.63, 3.8) is 0 Å². The fraction of sp³-hybridized carbons (Fsp3) is 0.714. The van der Waals surface area contributed by atoms with E-state index in [9.17, 15) is 0 Å². The molecule has 19 heavy (non-hydrogen) atoms. The minimum Gasteiger partial charge on any atom is -0.478 e. The first kappa shape index (κ1) is 15.7. The lowest BCUT2D eigenvalue weighted by atomic mass is 9.88. The van der Waals surface area contributed by atoms with E-state index in [0.717, 1.165) is 37.3 Å². The van der Waals surface area contributed by atoms with E-state index in [1.54, 1.807) is 0 Å². The smallest absolute Gasteiger partial charge is 0.221 e. The van der Waals surface area contributed by atoms with Gasteiger partial charge in [-0.2, -0.15) is 0 Å². The standard InChI is InChI=1S/C14H26N4O/c1-5-19-13-11(2)12(17-10-18-13)16-9-14(3,4)7-6-8-15/h10H,5-9,15H2,1-4H3,(H,16,17,18). The van der Waals surface area contributed by atoms with Gasteiger partial charge in [-0.15, -0.1) is 0 Å². The van der Waals surface area contributed by atoms with Crippen LogP contribution in [0.25, 0.3) is 0 Å². The van der Waals surface area contributed by atoms with E-state index in [4.69, 9.17) is 10.5 Å². The van der Waals surface area contributed by atoms with Crippen LogP contribution in [0, 0.1) is 12.3 Å². The van der Waals surface area contributed by atoms with Gasteiger partial charge in [0.15, 0.2) is 0 Å². The van der Waals surface area contributed by atoms with Crippen LogP contribution < -0.4 is 15.8 Å². The van der Waals surface area contributed by atoms with Crippen LogP contribution in [0.15, 0.2) is 6.33 Å². The molecule has 108 valence electrons. The van der Waals surface area contributed by atoms with Crippen molar-refractivity contribution in [3.8, 4) is 5.88 Å². The van der Waals surface area contributed by atoms with Gasteiger partial charge < -0.3 is 15.8 Å². The molecule has 3 N–H and O–H groups in total. The Morgan fingerprint density at radius 2 is 2.11 bits per heavy atom. The van der Waals surface area contributed by atoms with Crippen LogP contribution >= 0.6 is 0 Å². The molecule has 0 aliphatic rings. The maximum absolute atomic E-state index is 5.56. The quantitative estimate of drug-likeness (QED) is 0.755. The Hall–Kier alpha value is -1.36. The zero-order chi connectivity index (χ0) is 14.3. The fourth-order valence-electron chi connectivity index (χ4n) is 1.89. The summed E-state index contributed by atoms with van der Waals surface area (Å²) in [6.45, 7) is 10.6. The number of nitrogens with one attached hydrogen (secondary N) is 1. The van der Waals surface area contributed by atoms with Crippen molar-refractivity contribution in [2.75, 3.05) is 25.0 Å². The summed E-state index contributed by atoms with van der Waals surface area (Å²) in [6.07, 6.45) is 3.67. The first-order valence-electron chi connectivity index (χ1n) is 6.88. The van der Waals surface area contributed by atoms with Crippen molar-refractivity contribution in [1.82, 2.24) is 9.97 Å². The van der Waals surface area contributed by atoms with Crippen molar-refractivity contribution in [2.45, 2.75) is 40.5 Å². The molecular formula is C14H26N4O. The molecule has 5 nitrogen and oxygen atoms in total. The van der Waals surface area contributed by atoms with Gasteiger partial charge in [-0.25, -0.2) is 9.97 Å². The molecule has 0 aliphatic heterocycles. The third-order valence-corrected chi connectivity index (χ3v) is 3.11. The maximum atomic E-state index is 5.56. The number of nitrogens with two attached hydrogens (primary N) is 1. The summed E-state index contributed by atoms with van der Waals surface area (Å²) in [7, 11) is 0. The Morgan fingerprint density at radius 3 is 2.74 bits per heavy atom. The van der Waals surface area contributed by atoms with Gasteiger partial charge in [0.1, 0.15) is 12.1 Å². The second-order valence-corrected chi connectivity index (χ2v) is 5.50. The maximum Gasteiger partial charge on any atom is 0.221 e. The fourth-order valence-corrected chi connectivity index (χ4v) is 1.89. The summed E-state index contributed by atoms with van der Waals surface area (Å²) in [4.78, 5) is 8.41. The van der Waals surface area contributed by atoms with E-state index in [-0.39, 0.29) is 5.41 Å². The summed E-state index contributed by atoms with van der Waals surface area (Å²) in [6, 6.07) is 0. The molecule has 0 spiro atoms. The van der Waals surface area contributed by atoms with Gasteiger partial charge in [-0.05, 0) is 38.6 Å². The third kappa shape index (κ3) is 5.03. The molecule has 0 aliphatic carbocycles.